The number of aromatic nitrogens is 2. The zero-order chi connectivity index (χ0) is 15.7. The molecule has 0 aliphatic carbocycles. The molecule has 0 spiro atoms. The van der Waals surface area contributed by atoms with E-state index >= 15 is 0 Å². The molecule has 1 heterocycles. The van der Waals surface area contributed by atoms with Crippen LogP contribution in [-0.2, 0) is 0 Å². The number of nitrogens with one attached hydrogen (secondary N) is 2. The Kier molecular flexibility index (Phi) is 3.23. The number of carboxylic acids is 1. The lowest BCUT2D eigenvalue weighted by molar-refractivity contribution is 0.0697. The van der Waals surface area contributed by atoms with Crippen LogP contribution < -0.4 is 11.0 Å². The van der Waals surface area contributed by atoms with Crippen LogP contribution in [0.1, 0.15) is 10.4 Å². The highest BCUT2D eigenvalue weighted by Gasteiger charge is 2.14. The average Bonchev–Trinajstić information content (AvgIpc) is 2.83. The van der Waals surface area contributed by atoms with E-state index in [-0.39, 0.29) is 5.56 Å². The van der Waals surface area contributed by atoms with Gasteiger partial charge in [-0.25, -0.2) is 19.0 Å². The van der Waals surface area contributed by atoms with E-state index in [0.717, 1.165) is 4.57 Å². The molecule has 1 amide bonds. The van der Waals surface area contributed by atoms with Crippen molar-refractivity contribution in [1.29, 1.82) is 0 Å². The molecule has 0 saturated heterocycles. The van der Waals surface area contributed by atoms with Crippen molar-refractivity contribution in [2.45, 2.75) is 0 Å². The fraction of sp³-hybridized carbons (Fsp3) is 0. The number of aromatic carboxylic acids is 1. The van der Waals surface area contributed by atoms with E-state index in [2.05, 4.69) is 10.3 Å². The van der Waals surface area contributed by atoms with Crippen LogP contribution in [0.15, 0.2) is 53.3 Å². The van der Waals surface area contributed by atoms with Gasteiger partial charge in [-0.2, -0.15) is 0 Å². The molecular weight excluding hydrogens is 286 g/mol. The highest BCUT2D eigenvalue weighted by molar-refractivity contribution is 5.98. The number of H-pyrrole nitrogens is 1. The number of aromatic amines is 1. The van der Waals surface area contributed by atoms with Crippen LogP contribution in [0, 0.1) is 0 Å². The molecule has 0 unspecified atom stereocenters. The quantitative estimate of drug-likeness (QED) is 0.673. The molecule has 0 aliphatic heterocycles. The summed E-state index contributed by atoms with van der Waals surface area (Å²) in [6.07, 6.45) is 0. The molecule has 0 atom stereocenters. The molecule has 0 radical (unpaired) electrons. The zero-order valence-corrected chi connectivity index (χ0v) is 11.2. The Labute approximate surface area is 123 Å². The molecule has 2 aromatic carbocycles. The molecule has 7 heteroatoms. The summed E-state index contributed by atoms with van der Waals surface area (Å²) in [6, 6.07) is 11.9. The van der Waals surface area contributed by atoms with Crippen LogP contribution in [-0.4, -0.2) is 26.7 Å². The van der Waals surface area contributed by atoms with Gasteiger partial charge >= 0.3 is 17.7 Å². The minimum Gasteiger partial charge on any atom is -0.478 e. The van der Waals surface area contributed by atoms with Crippen molar-refractivity contribution in [3.63, 3.8) is 0 Å². The summed E-state index contributed by atoms with van der Waals surface area (Å²) in [5.74, 6) is -1.10. The van der Waals surface area contributed by atoms with Crippen molar-refractivity contribution in [1.82, 2.24) is 9.55 Å². The van der Waals surface area contributed by atoms with Crippen LogP contribution >= 0.6 is 0 Å². The normalized spacial score (nSPS) is 10.5. The number of para-hydroxylation sites is 2. The molecule has 3 N–H and O–H groups in total. The number of carbonyl (C=O) groups is 2. The van der Waals surface area contributed by atoms with E-state index in [1.807, 2.05) is 0 Å². The molecule has 0 aliphatic rings. The smallest absolute Gasteiger partial charge is 0.335 e. The number of anilines is 1. The predicted octanol–water partition coefficient (Wildman–Crippen LogP) is 2.11. The number of rotatable bonds is 2. The van der Waals surface area contributed by atoms with Crippen molar-refractivity contribution < 1.29 is 14.7 Å². The number of amides is 1. The topological polar surface area (TPSA) is 104 Å². The minimum absolute atomic E-state index is 0.0454. The van der Waals surface area contributed by atoms with Gasteiger partial charge in [0.2, 0.25) is 0 Å². The van der Waals surface area contributed by atoms with E-state index < -0.39 is 17.7 Å². The van der Waals surface area contributed by atoms with E-state index in [0.29, 0.717) is 16.7 Å². The van der Waals surface area contributed by atoms with E-state index in [9.17, 15) is 14.4 Å². The molecule has 3 rings (SSSR count). The molecule has 110 valence electrons. The SMILES string of the molecule is O=C(O)c1cccc(NC(=O)n2c(=O)[nH]c3ccccc32)c1. The first-order chi connectivity index (χ1) is 10.6. The molecule has 0 bridgehead atoms. The number of carboxylic acid groups (broad SMARTS) is 1. The lowest BCUT2D eigenvalue weighted by Gasteiger charge is -2.06. The zero-order valence-electron chi connectivity index (χ0n) is 11.2. The molecule has 0 fully saturated rings. The Morgan fingerprint density at radius 3 is 2.64 bits per heavy atom. The van der Waals surface area contributed by atoms with Crippen LogP contribution in [0.3, 0.4) is 0 Å². The standard InChI is InChI=1S/C15H11N3O4/c19-13(20)9-4-3-5-10(8-9)16-14(21)18-12-7-2-1-6-11(12)17-15(18)22/h1-8H,(H,16,21)(H,17,22)(H,19,20). The predicted molar refractivity (Wildman–Crippen MR) is 80.4 cm³/mol. The summed E-state index contributed by atoms with van der Waals surface area (Å²) in [5.41, 5.74) is 0.764. The van der Waals surface area contributed by atoms with Crippen molar-refractivity contribution in [3.8, 4) is 0 Å². The van der Waals surface area contributed by atoms with Gasteiger partial charge in [-0.15, -0.1) is 0 Å². The largest absolute Gasteiger partial charge is 0.478 e. The minimum atomic E-state index is -1.10. The first kappa shape index (κ1) is 13.6. The maximum atomic E-state index is 12.3. The first-order valence-electron chi connectivity index (χ1n) is 6.41. The summed E-state index contributed by atoms with van der Waals surface area (Å²) in [4.78, 5) is 37.7. The van der Waals surface area contributed by atoms with Gasteiger partial charge in [-0.1, -0.05) is 18.2 Å². The van der Waals surface area contributed by atoms with Gasteiger partial charge in [0.1, 0.15) is 0 Å². The summed E-state index contributed by atoms with van der Waals surface area (Å²) < 4.78 is 0.961. The Bertz CT molecular complexity index is 939. The van der Waals surface area contributed by atoms with E-state index in [1.165, 1.54) is 18.2 Å². The van der Waals surface area contributed by atoms with Gasteiger partial charge in [-0.05, 0) is 30.3 Å². The molecule has 7 nitrogen and oxygen atoms in total. The fourth-order valence-electron chi connectivity index (χ4n) is 2.17. The summed E-state index contributed by atoms with van der Waals surface area (Å²) >= 11 is 0. The molecule has 22 heavy (non-hydrogen) atoms. The van der Waals surface area contributed by atoms with Gasteiger partial charge in [0.15, 0.2) is 0 Å². The van der Waals surface area contributed by atoms with Gasteiger partial charge in [0.05, 0.1) is 16.6 Å². The second-order valence-electron chi connectivity index (χ2n) is 4.60. The van der Waals surface area contributed by atoms with Crippen molar-refractivity contribution in [3.05, 3.63) is 64.6 Å². The Morgan fingerprint density at radius 1 is 1.09 bits per heavy atom. The highest BCUT2D eigenvalue weighted by Crippen LogP contribution is 2.13. The third-order valence-electron chi connectivity index (χ3n) is 3.15. The molecule has 0 saturated carbocycles. The molecule has 3 aromatic rings. The van der Waals surface area contributed by atoms with E-state index in [4.69, 9.17) is 5.11 Å². The number of hydrogen-bond acceptors (Lipinski definition) is 3. The highest BCUT2D eigenvalue weighted by atomic mass is 16.4. The fourth-order valence-corrected chi connectivity index (χ4v) is 2.17. The maximum absolute atomic E-state index is 12.3. The summed E-state index contributed by atoms with van der Waals surface area (Å²) in [5, 5.41) is 11.5. The van der Waals surface area contributed by atoms with Crippen LogP contribution in [0.4, 0.5) is 10.5 Å². The van der Waals surface area contributed by atoms with Crippen molar-refractivity contribution >= 4 is 28.7 Å². The Hall–Kier alpha value is -3.35. The van der Waals surface area contributed by atoms with Crippen molar-refractivity contribution in [2.75, 3.05) is 5.32 Å². The Morgan fingerprint density at radius 2 is 1.86 bits per heavy atom. The second-order valence-corrected chi connectivity index (χ2v) is 4.60. The lowest BCUT2D eigenvalue weighted by Crippen LogP contribution is -2.29. The second kappa shape index (κ2) is 5.21. The third-order valence-corrected chi connectivity index (χ3v) is 3.15. The van der Waals surface area contributed by atoms with Gasteiger partial charge < -0.3 is 15.4 Å². The summed E-state index contributed by atoms with van der Waals surface area (Å²) in [6.45, 7) is 0. The first-order valence-corrected chi connectivity index (χ1v) is 6.41. The number of fused-ring (bicyclic) bond motifs is 1. The maximum Gasteiger partial charge on any atom is 0.335 e. The number of hydrogen-bond donors (Lipinski definition) is 3. The average molecular weight is 297 g/mol. The van der Waals surface area contributed by atoms with E-state index in [1.54, 1.807) is 30.3 Å². The lowest BCUT2D eigenvalue weighted by atomic mass is 10.2. The molecular formula is C15H11N3O4. The number of nitrogens with zero attached hydrogens (tertiary/aromatic N) is 1. The van der Waals surface area contributed by atoms with Crippen LogP contribution in [0.25, 0.3) is 11.0 Å². The van der Waals surface area contributed by atoms with Gasteiger partial charge in [0, 0.05) is 5.69 Å². The molecule has 1 aromatic heterocycles. The van der Waals surface area contributed by atoms with Crippen molar-refractivity contribution in [2.24, 2.45) is 0 Å². The number of imidazole rings is 1. The van der Waals surface area contributed by atoms with Gasteiger partial charge in [0.25, 0.3) is 0 Å². The Balaban J connectivity index is 1.97. The summed E-state index contributed by atoms with van der Waals surface area (Å²) in [7, 11) is 0. The number of benzene rings is 2. The third kappa shape index (κ3) is 2.35. The van der Waals surface area contributed by atoms with Gasteiger partial charge in [-0.3, -0.25) is 0 Å². The number of carbonyl (C=O) groups excluding carboxylic acids is 1. The monoisotopic (exact) mass is 297 g/mol. The van der Waals surface area contributed by atoms with Crippen LogP contribution in [0.5, 0.6) is 0 Å². The van der Waals surface area contributed by atoms with Crippen LogP contribution in [0.2, 0.25) is 0 Å².